The van der Waals surface area contributed by atoms with Crippen molar-refractivity contribution in [1.82, 2.24) is 4.90 Å². The van der Waals surface area contributed by atoms with Gasteiger partial charge in [-0.1, -0.05) is 15.9 Å². The van der Waals surface area contributed by atoms with Crippen LogP contribution >= 0.6 is 31.9 Å². The molecule has 1 aromatic carbocycles. The number of hydrogen-bond acceptors (Lipinski definition) is 4. The van der Waals surface area contributed by atoms with E-state index >= 15 is 0 Å². The van der Waals surface area contributed by atoms with Gasteiger partial charge in [0, 0.05) is 58.4 Å². The number of ketones is 2. The summed E-state index contributed by atoms with van der Waals surface area (Å²) < 4.78 is 7.39. The largest absolute Gasteiger partial charge is 0.495 e. The van der Waals surface area contributed by atoms with Crippen molar-refractivity contribution in [3.63, 3.8) is 0 Å². The number of halogens is 2. The number of carbonyl (C=O) groups is 2. The summed E-state index contributed by atoms with van der Waals surface area (Å²) in [7, 11) is 3.63. The third-order valence-corrected chi connectivity index (χ3v) is 6.84. The summed E-state index contributed by atoms with van der Waals surface area (Å²) in [6.45, 7) is 0. The fourth-order valence-corrected chi connectivity index (χ4v) is 6.09. The number of Topliss-reactive ketones (excluding diaryl/α,β-unsaturated/α-hetero) is 2. The lowest BCUT2D eigenvalue weighted by atomic mass is 9.71. The summed E-state index contributed by atoms with van der Waals surface area (Å²) in [5.41, 5.74) is 4.57. The Hall–Kier alpha value is -1.40. The van der Waals surface area contributed by atoms with Crippen molar-refractivity contribution < 1.29 is 14.3 Å². The molecule has 1 aromatic rings. The maximum Gasteiger partial charge on any atom is 0.161 e. The van der Waals surface area contributed by atoms with Crippen LogP contribution in [0.2, 0.25) is 0 Å². The number of nitrogens with zero attached hydrogens (tertiary/aromatic N) is 1. The Bertz CT molecular complexity index is 872. The average molecular weight is 495 g/mol. The van der Waals surface area contributed by atoms with Gasteiger partial charge in [-0.3, -0.25) is 9.59 Å². The van der Waals surface area contributed by atoms with Gasteiger partial charge in [-0.05, 0) is 53.7 Å². The molecule has 0 N–H and O–H groups in total. The number of allylic oxidation sites excluding steroid dienone is 4. The molecule has 0 bridgehead atoms. The molecule has 1 heterocycles. The first-order valence-corrected chi connectivity index (χ1v) is 10.8. The van der Waals surface area contributed by atoms with Gasteiger partial charge in [-0.2, -0.15) is 0 Å². The van der Waals surface area contributed by atoms with Crippen molar-refractivity contribution in [2.24, 2.45) is 0 Å². The van der Waals surface area contributed by atoms with E-state index in [4.69, 9.17) is 4.74 Å². The lowest BCUT2D eigenvalue weighted by Gasteiger charge is -2.42. The van der Waals surface area contributed by atoms with Gasteiger partial charge >= 0.3 is 0 Å². The lowest BCUT2D eigenvalue weighted by Crippen LogP contribution is -2.37. The van der Waals surface area contributed by atoms with Gasteiger partial charge in [0.2, 0.25) is 0 Å². The molecule has 3 aliphatic rings. The molecule has 27 heavy (non-hydrogen) atoms. The summed E-state index contributed by atoms with van der Waals surface area (Å²) in [6, 6.07) is 3.91. The second-order valence-corrected chi connectivity index (χ2v) is 9.05. The van der Waals surface area contributed by atoms with E-state index in [1.165, 1.54) is 0 Å². The quantitative estimate of drug-likeness (QED) is 0.562. The highest BCUT2D eigenvalue weighted by molar-refractivity contribution is 9.11. The molecule has 0 amide bonds. The summed E-state index contributed by atoms with van der Waals surface area (Å²) in [6.07, 6.45) is 4.55. The zero-order valence-electron chi connectivity index (χ0n) is 15.4. The Morgan fingerprint density at radius 2 is 1.52 bits per heavy atom. The Morgan fingerprint density at radius 1 is 0.963 bits per heavy atom. The maximum absolute atomic E-state index is 13.0. The molecule has 0 unspecified atom stereocenters. The standard InChI is InChI=1S/C21H21Br2NO3/c1-24-14-5-3-7-16(25)19(14)18(20-15(24)6-4-8-17(20)26)12-9-11(22)10-13(23)21(12)27-2/h9-10,18H,3-8H2,1-2H3. The van der Waals surface area contributed by atoms with Gasteiger partial charge in [-0.25, -0.2) is 0 Å². The predicted molar refractivity (Wildman–Crippen MR) is 111 cm³/mol. The number of benzene rings is 1. The van der Waals surface area contributed by atoms with E-state index in [1.807, 2.05) is 19.2 Å². The fraction of sp³-hybridized carbons (Fsp3) is 0.429. The Kier molecular flexibility index (Phi) is 5.06. The molecule has 0 saturated carbocycles. The second-order valence-electron chi connectivity index (χ2n) is 7.28. The third-order valence-electron chi connectivity index (χ3n) is 5.80. The van der Waals surface area contributed by atoms with Gasteiger partial charge < -0.3 is 9.64 Å². The molecule has 0 aromatic heterocycles. The van der Waals surface area contributed by atoms with Crippen molar-refractivity contribution in [1.29, 1.82) is 0 Å². The first-order valence-electron chi connectivity index (χ1n) is 9.23. The van der Waals surface area contributed by atoms with E-state index in [9.17, 15) is 9.59 Å². The van der Waals surface area contributed by atoms with E-state index < -0.39 is 0 Å². The summed E-state index contributed by atoms with van der Waals surface area (Å²) in [4.78, 5) is 28.2. The minimum atomic E-state index is -0.351. The number of carbonyl (C=O) groups excluding carboxylic acids is 2. The Labute approximate surface area is 175 Å². The minimum Gasteiger partial charge on any atom is -0.495 e. The van der Waals surface area contributed by atoms with Crippen LogP contribution in [0.15, 0.2) is 43.6 Å². The first kappa shape index (κ1) is 18.9. The molecule has 0 spiro atoms. The van der Waals surface area contributed by atoms with Crippen LogP contribution in [0.5, 0.6) is 5.75 Å². The maximum atomic E-state index is 13.0. The van der Waals surface area contributed by atoms with Gasteiger partial charge in [0.25, 0.3) is 0 Å². The van der Waals surface area contributed by atoms with E-state index in [-0.39, 0.29) is 17.5 Å². The van der Waals surface area contributed by atoms with Crippen LogP contribution < -0.4 is 4.74 Å². The normalized spacial score (nSPS) is 20.8. The molecule has 1 aliphatic heterocycles. The highest BCUT2D eigenvalue weighted by Crippen LogP contribution is 2.51. The molecule has 142 valence electrons. The van der Waals surface area contributed by atoms with Crippen molar-refractivity contribution in [3.05, 3.63) is 49.2 Å². The van der Waals surface area contributed by atoms with Gasteiger partial charge in [0.1, 0.15) is 5.75 Å². The highest BCUT2D eigenvalue weighted by Gasteiger charge is 2.43. The summed E-state index contributed by atoms with van der Waals surface area (Å²) >= 11 is 7.14. The van der Waals surface area contributed by atoms with Crippen molar-refractivity contribution >= 4 is 43.4 Å². The van der Waals surface area contributed by atoms with Gasteiger partial charge in [0.05, 0.1) is 11.6 Å². The first-order chi connectivity index (χ1) is 12.9. The SMILES string of the molecule is COc1c(Br)cc(Br)cc1C1C2=C(CCCC2=O)N(C)C2=C1C(=O)CCC2. The number of methoxy groups -OCH3 is 1. The summed E-state index contributed by atoms with van der Waals surface area (Å²) in [5.74, 6) is 0.631. The van der Waals surface area contributed by atoms with E-state index in [2.05, 4.69) is 36.8 Å². The molecule has 0 fully saturated rings. The Balaban J connectivity index is 2.03. The molecular weight excluding hydrogens is 474 g/mol. The second kappa shape index (κ2) is 7.21. The zero-order valence-corrected chi connectivity index (χ0v) is 18.6. The van der Waals surface area contributed by atoms with E-state index in [0.717, 1.165) is 62.7 Å². The molecule has 0 atom stereocenters. The highest BCUT2D eigenvalue weighted by atomic mass is 79.9. The Morgan fingerprint density at radius 3 is 2.04 bits per heavy atom. The fourth-order valence-electron chi connectivity index (χ4n) is 4.67. The van der Waals surface area contributed by atoms with Crippen LogP contribution in [0.4, 0.5) is 0 Å². The van der Waals surface area contributed by atoms with Crippen molar-refractivity contribution in [2.75, 3.05) is 14.2 Å². The molecule has 4 rings (SSSR count). The van der Waals surface area contributed by atoms with Crippen LogP contribution in [0, 0.1) is 0 Å². The number of rotatable bonds is 2. The molecule has 2 aliphatic carbocycles. The van der Waals surface area contributed by atoms with E-state index in [1.54, 1.807) is 7.11 Å². The van der Waals surface area contributed by atoms with Crippen LogP contribution in [0.1, 0.15) is 50.0 Å². The number of ether oxygens (including phenoxy) is 1. The van der Waals surface area contributed by atoms with Crippen LogP contribution in [0.3, 0.4) is 0 Å². The van der Waals surface area contributed by atoms with Gasteiger partial charge in [-0.15, -0.1) is 0 Å². The minimum absolute atomic E-state index is 0.149. The van der Waals surface area contributed by atoms with Crippen LogP contribution in [-0.4, -0.2) is 30.6 Å². The predicted octanol–water partition coefficient (Wildman–Crippen LogP) is 5.26. The van der Waals surface area contributed by atoms with Gasteiger partial charge in [0.15, 0.2) is 11.6 Å². The molecular formula is C21H21Br2NO3. The smallest absolute Gasteiger partial charge is 0.161 e. The topological polar surface area (TPSA) is 46.6 Å². The molecule has 6 heteroatoms. The zero-order chi connectivity index (χ0) is 19.3. The molecule has 0 saturated heterocycles. The van der Waals surface area contributed by atoms with Crippen LogP contribution in [0.25, 0.3) is 0 Å². The summed E-state index contributed by atoms with van der Waals surface area (Å²) in [5, 5.41) is 0. The monoisotopic (exact) mass is 493 g/mol. The lowest BCUT2D eigenvalue weighted by molar-refractivity contribution is -0.117. The van der Waals surface area contributed by atoms with Crippen LogP contribution in [-0.2, 0) is 9.59 Å². The average Bonchev–Trinajstić information content (AvgIpc) is 2.63. The third kappa shape index (κ3) is 3.01. The van der Waals surface area contributed by atoms with E-state index in [0.29, 0.717) is 18.6 Å². The van der Waals surface area contributed by atoms with Crippen molar-refractivity contribution in [2.45, 2.75) is 44.4 Å². The van der Waals surface area contributed by atoms with Crippen molar-refractivity contribution in [3.8, 4) is 5.75 Å². The number of hydrogen-bond donors (Lipinski definition) is 0. The molecule has 0 radical (unpaired) electrons. The molecule has 4 nitrogen and oxygen atoms in total.